The first-order valence-corrected chi connectivity index (χ1v) is 9.85. The molecule has 0 radical (unpaired) electrons. The maximum absolute atomic E-state index is 12.5. The van der Waals surface area contributed by atoms with Crippen LogP contribution in [0.5, 0.6) is 11.5 Å². The van der Waals surface area contributed by atoms with Gasteiger partial charge in [-0.05, 0) is 30.2 Å². The van der Waals surface area contributed by atoms with E-state index in [1.165, 1.54) is 5.56 Å². The first-order chi connectivity index (χ1) is 13.7. The molecule has 1 amide bonds. The van der Waals surface area contributed by atoms with Crippen LogP contribution in [-0.2, 0) is 11.3 Å². The quantitative estimate of drug-likeness (QED) is 0.833. The number of amides is 1. The Morgan fingerprint density at radius 2 is 1.71 bits per heavy atom. The van der Waals surface area contributed by atoms with Crippen molar-refractivity contribution in [2.24, 2.45) is 0 Å². The molecule has 0 spiro atoms. The zero-order chi connectivity index (χ0) is 19.3. The summed E-state index contributed by atoms with van der Waals surface area (Å²) in [6.07, 6.45) is 0. The second-order valence-corrected chi connectivity index (χ2v) is 7.44. The molecule has 2 aromatic rings. The van der Waals surface area contributed by atoms with E-state index in [0.717, 1.165) is 49.8 Å². The molecule has 6 heteroatoms. The molecule has 0 aromatic heterocycles. The van der Waals surface area contributed by atoms with Gasteiger partial charge in [-0.15, -0.1) is 0 Å². The van der Waals surface area contributed by atoms with Gasteiger partial charge in [0.1, 0.15) is 0 Å². The number of hydrogen-bond donors (Lipinski definition) is 1. The van der Waals surface area contributed by atoms with Crippen molar-refractivity contribution in [1.82, 2.24) is 15.1 Å². The van der Waals surface area contributed by atoms with E-state index >= 15 is 0 Å². The standard InChI is InChI=1S/C22H27N3O3/c1-17(19-7-8-20-21(13-19)28-16-27-20)23-22(26)15-25-11-9-24(10-12-25)14-18-5-3-2-4-6-18/h2-8,13,17H,9-12,14-16H2,1H3,(H,23,26)/t17-/m1/s1. The number of nitrogens with one attached hydrogen (secondary N) is 1. The van der Waals surface area contributed by atoms with Crippen LogP contribution in [0.4, 0.5) is 0 Å². The fourth-order valence-corrected chi connectivity index (χ4v) is 3.70. The molecule has 0 aliphatic carbocycles. The van der Waals surface area contributed by atoms with Crippen molar-refractivity contribution in [3.05, 3.63) is 59.7 Å². The van der Waals surface area contributed by atoms with Crippen LogP contribution in [-0.4, -0.2) is 55.2 Å². The monoisotopic (exact) mass is 381 g/mol. The van der Waals surface area contributed by atoms with Gasteiger partial charge in [0.25, 0.3) is 0 Å². The molecule has 1 N–H and O–H groups in total. The molecular formula is C22H27N3O3. The number of carbonyl (C=O) groups is 1. The number of benzene rings is 2. The van der Waals surface area contributed by atoms with E-state index in [1.807, 2.05) is 31.2 Å². The number of ether oxygens (including phenoxy) is 2. The zero-order valence-corrected chi connectivity index (χ0v) is 16.3. The molecule has 28 heavy (non-hydrogen) atoms. The van der Waals surface area contributed by atoms with Crippen LogP contribution in [0.2, 0.25) is 0 Å². The predicted molar refractivity (Wildman–Crippen MR) is 107 cm³/mol. The fraction of sp³-hybridized carbons (Fsp3) is 0.409. The fourth-order valence-electron chi connectivity index (χ4n) is 3.70. The average Bonchev–Trinajstić information content (AvgIpc) is 3.18. The Morgan fingerprint density at radius 3 is 2.50 bits per heavy atom. The number of nitrogens with zero attached hydrogens (tertiary/aromatic N) is 2. The highest BCUT2D eigenvalue weighted by Gasteiger charge is 2.21. The van der Waals surface area contributed by atoms with Gasteiger partial charge in [0.2, 0.25) is 12.7 Å². The smallest absolute Gasteiger partial charge is 0.234 e. The van der Waals surface area contributed by atoms with Gasteiger partial charge in [-0.25, -0.2) is 0 Å². The van der Waals surface area contributed by atoms with E-state index in [9.17, 15) is 4.79 Å². The summed E-state index contributed by atoms with van der Waals surface area (Å²) in [7, 11) is 0. The summed E-state index contributed by atoms with van der Waals surface area (Å²) in [4.78, 5) is 17.1. The first-order valence-electron chi connectivity index (χ1n) is 9.85. The third-order valence-electron chi connectivity index (χ3n) is 5.36. The number of piperazine rings is 1. The first kappa shape index (κ1) is 18.8. The van der Waals surface area contributed by atoms with Gasteiger partial charge in [0.15, 0.2) is 11.5 Å². The molecule has 4 rings (SSSR count). The highest BCUT2D eigenvalue weighted by molar-refractivity contribution is 5.78. The average molecular weight is 381 g/mol. The molecule has 6 nitrogen and oxygen atoms in total. The van der Waals surface area contributed by atoms with Crippen molar-refractivity contribution in [3.63, 3.8) is 0 Å². The summed E-state index contributed by atoms with van der Waals surface area (Å²) in [5.41, 5.74) is 2.36. The minimum absolute atomic E-state index is 0.0571. The summed E-state index contributed by atoms with van der Waals surface area (Å²) in [5, 5.41) is 3.10. The normalized spacial score (nSPS) is 18.0. The van der Waals surface area contributed by atoms with Crippen LogP contribution < -0.4 is 14.8 Å². The Balaban J connectivity index is 1.22. The van der Waals surface area contributed by atoms with Crippen molar-refractivity contribution in [2.75, 3.05) is 39.5 Å². The van der Waals surface area contributed by atoms with E-state index in [4.69, 9.17) is 9.47 Å². The van der Waals surface area contributed by atoms with Gasteiger partial charge in [0.05, 0.1) is 12.6 Å². The Bertz CT molecular complexity index is 804. The molecule has 1 fully saturated rings. The molecule has 1 saturated heterocycles. The van der Waals surface area contributed by atoms with E-state index in [1.54, 1.807) is 0 Å². The van der Waals surface area contributed by atoms with E-state index in [2.05, 4.69) is 39.4 Å². The van der Waals surface area contributed by atoms with Crippen molar-refractivity contribution in [2.45, 2.75) is 19.5 Å². The Labute approximate surface area is 166 Å². The van der Waals surface area contributed by atoms with Crippen molar-refractivity contribution >= 4 is 5.91 Å². The van der Waals surface area contributed by atoms with Gasteiger partial charge in [-0.2, -0.15) is 0 Å². The molecule has 0 unspecified atom stereocenters. The second-order valence-electron chi connectivity index (χ2n) is 7.44. The van der Waals surface area contributed by atoms with E-state index < -0.39 is 0 Å². The third kappa shape index (κ3) is 4.64. The predicted octanol–water partition coefficient (Wildman–Crippen LogP) is 2.41. The molecule has 2 aliphatic rings. The van der Waals surface area contributed by atoms with Crippen molar-refractivity contribution in [3.8, 4) is 11.5 Å². The van der Waals surface area contributed by atoms with Crippen LogP contribution in [0, 0.1) is 0 Å². The molecule has 1 atom stereocenters. The van der Waals surface area contributed by atoms with Gasteiger partial charge in [0, 0.05) is 32.7 Å². The molecule has 0 saturated carbocycles. The summed E-state index contributed by atoms with van der Waals surface area (Å²) in [5.74, 6) is 1.56. The molecular weight excluding hydrogens is 354 g/mol. The number of rotatable bonds is 6. The summed E-state index contributed by atoms with van der Waals surface area (Å²) < 4.78 is 10.8. The lowest BCUT2D eigenvalue weighted by Gasteiger charge is -2.34. The van der Waals surface area contributed by atoms with Crippen LogP contribution in [0.15, 0.2) is 48.5 Å². The summed E-state index contributed by atoms with van der Waals surface area (Å²) >= 11 is 0. The van der Waals surface area contributed by atoms with Crippen molar-refractivity contribution < 1.29 is 14.3 Å². The number of hydrogen-bond acceptors (Lipinski definition) is 5. The second kappa shape index (κ2) is 8.63. The van der Waals surface area contributed by atoms with Gasteiger partial charge < -0.3 is 14.8 Å². The Hall–Kier alpha value is -2.57. The van der Waals surface area contributed by atoms with Crippen LogP contribution in [0.1, 0.15) is 24.1 Å². The van der Waals surface area contributed by atoms with E-state index in [0.29, 0.717) is 6.54 Å². The lowest BCUT2D eigenvalue weighted by atomic mass is 10.1. The van der Waals surface area contributed by atoms with Gasteiger partial charge in [-0.3, -0.25) is 14.6 Å². The lowest BCUT2D eigenvalue weighted by Crippen LogP contribution is -2.49. The minimum atomic E-state index is -0.0682. The minimum Gasteiger partial charge on any atom is -0.454 e. The topological polar surface area (TPSA) is 54.0 Å². The highest BCUT2D eigenvalue weighted by Crippen LogP contribution is 2.34. The molecule has 2 heterocycles. The molecule has 2 aromatic carbocycles. The molecule has 0 bridgehead atoms. The lowest BCUT2D eigenvalue weighted by molar-refractivity contribution is -0.123. The van der Waals surface area contributed by atoms with Crippen molar-refractivity contribution in [1.29, 1.82) is 0 Å². The third-order valence-corrected chi connectivity index (χ3v) is 5.36. The molecule has 148 valence electrons. The van der Waals surface area contributed by atoms with Crippen LogP contribution in [0.25, 0.3) is 0 Å². The Morgan fingerprint density at radius 1 is 1.00 bits per heavy atom. The largest absolute Gasteiger partial charge is 0.454 e. The zero-order valence-electron chi connectivity index (χ0n) is 16.3. The van der Waals surface area contributed by atoms with Gasteiger partial charge in [-0.1, -0.05) is 36.4 Å². The SMILES string of the molecule is C[C@@H](NC(=O)CN1CCN(Cc2ccccc2)CC1)c1ccc2c(c1)OCO2. The van der Waals surface area contributed by atoms with Crippen LogP contribution >= 0.6 is 0 Å². The maximum Gasteiger partial charge on any atom is 0.234 e. The number of carbonyl (C=O) groups excluding carboxylic acids is 1. The maximum atomic E-state index is 12.5. The van der Waals surface area contributed by atoms with Gasteiger partial charge >= 0.3 is 0 Å². The summed E-state index contributed by atoms with van der Waals surface area (Å²) in [6, 6.07) is 16.3. The van der Waals surface area contributed by atoms with Crippen LogP contribution in [0.3, 0.4) is 0 Å². The Kier molecular flexibility index (Phi) is 5.78. The van der Waals surface area contributed by atoms with E-state index in [-0.39, 0.29) is 18.7 Å². The number of fused-ring (bicyclic) bond motifs is 1. The summed E-state index contributed by atoms with van der Waals surface area (Å²) in [6.45, 7) is 7.47. The highest BCUT2D eigenvalue weighted by atomic mass is 16.7. The molecule has 2 aliphatic heterocycles.